The summed E-state index contributed by atoms with van der Waals surface area (Å²) in [6.45, 7) is 5.98. The van der Waals surface area contributed by atoms with Gasteiger partial charge >= 0.3 is 0 Å². The van der Waals surface area contributed by atoms with Gasteiger partial charge in [-0.15, -0.1) is 0 Å². The number of nitrogens with one attached hydrogen (secondary N) is 1. The maximum atomic E-state index is 12.6. The van der Waals surface area contributed by atoms with Crippen LogP contribution in [0.3, 0.4) is 0 Å². The summed E-state index contributed by atoms with van der Waals surface area (Å²) in [4.78, 5) is 14.6. The van der Waals surface area contributed by atoms with Crippen molar-refractivity contribution in [3.63, 3.8) is 0 Å². The SMILES string of the molecule is Cc1ccc(S(C)(=O)=O)cc1C(=O)N1CCNC[C@@H]1C. The molecule has 20 heavy (non-hydrogen) atoms. The molecule has 0 radical (unpaired) electrons. The summed E-state index contributed by atoms with van der Waals surface area (Å²) in [7, 11) is -3.30. The molecule has 1 heterocycles. The zero-order valence-electron chi connectivity index (χ0n) is 12.0. The lowest BCUT2D eigenvalue weighted by Crippen LogP contribution is -2.52. The van der Waals surface area contributed by atoms with E-state index in [1.54, 1.807) is 17.0 Å². The van der Waals surface area contributed by atoms with Crippen LogP contribution in [0.1, 0.15) is 22.8 Å². The van der Waals surface area contributed by atoms with Gasteiger partial charge in [0.1, 0.15) is 0 Å². The van der Waals surface area contributed by atoms with E-state index in [2.05, 4.69) is 5.32 Å². The van der Waals surface area contributed by atoms with Gasteiger partial charge in [-0.2, -0.15) is 0 Å². The largest absolute Gasteiger partial charge is 0.333 e. The summed E-state index contributed by atoms with van der Waals surface area (Å²) in [5.41, 5.74) is 1.27. The van der Waals surface area contributed by atoms with E-state index in [0.717, 1.165) is 24.9 Å². The van der Waals surface area contributed by atoms with E-state index in [0.29, 0.717) is 12.1 Å². The van der Waals surface area contributed by atoms with Gasteiger partial charge in [-0.1, -0.05) is 6.07 Å². The molecule has 0 unspecified atom stereocenters. The predicted molar refractivity (Wildman–Crippen MR) is 77.7 cm³/mol. The highest BCUT2D eigenvalue weighted by Gasteiger charge is 2.25. The quantitative estimate of drug-likeness (QED) is 0.878. The third kappa shape index (κ3) is 3.02. The third-order valence-corrected chi connectivity index (χ3v) is 4.74. The predicted octanol–water partition coefficient (Wildman–Crippen LogP) is 0.832. The molecule has 1 amide bonds. The van der Waals surface area contributed by atoms with Crippen LogP contribution >= 0.6 is 0 Å². The Morgan fingerprint density at radius 3 is 2.70 bits per heavy atom. The maximum Gasteiger partial charge on any atom is 0.254 e. The smallest absolute Gasteiger partial charge is 0.254 e. The molecule has 1 aliphatic rings. The summed E-state index contributed by atoms with van der Waals surface area (Å²) in [5.74, 6) is -0.0954. The molecular weight excluding hydrogens is 276 g/mol. The summed E-state index contributed by atoms with van der Waals surface area (Å²) >= 11 is 0. The van der Waals surface area contributed by atoms with E-state index in [1.807, 2.05) is 13.8 Å². The topological polar surface area (TPSA) is 66.5 Å². The Kier molecular flexibility index (Phi) is 4.15. The van der Waals surface area contributed by atoms with Crippen LogP contribution in [0.25, 0.3) is 0 Å². The number of amides is 1. The van der Waals surface area contributed by atoms with Crippen molar-refractivity contribution >= 4 is 15.7 Å². The van der Waals surface area contributed by atoms with Crippen molar-refractivity contribution in [1.29, 1.82) is 0 Å². The van der Waals surface area contributed by atoms with Gasteiger partial charge in [0.25, 0.3) is 5.91 Å². The first-order valence-electron chi connectivity index (χ1n) is 6.63. The van der Waals surface area contributed by atoms with Crippen LogP contribution in [-0.4, -0.2) is 51.2 Å². The number of hydrogen-bond acceptors (Lipinski definition) is 4. The van der Waals surface area contributed by atoms with E-state index in [1.165, 1.54) is 6.07 Å². The van der Waals surface area contributed by atoms with Crippen molar-refractivity contribution in [2.24, 2.45) is 0 Å². The van der Waals surface area contributed by atoms with Crippen LogP contribution in [0, 0.1) is 6.92 Å². The second-order valence-electron chi connectivity index (χ2n) is 5.30. The number of hydrogen-bond donors (Lipinski definition) is 1. The Labute approximate surface area is 119 Å². The number of carbonyl (C=O) groups is 1. The van der Waals surface area contributed by atoms with E-state index < -0.39 is 9.84 Å². The van der Waals surface area contributed by atoms with Crippen molar-refractivity contribution in [2.45, 2.75) is 24.8 Å². The fraction of sp³-hybridized carbons (Fsp3) is 0.500. The highest BCUT2D eigenvalue weighted by atomic mass is 32.2. The molecular formula is C14H20N2O3S. The highest BCUT2D eigenvalue weighted by molar-refractivity contribution is 7.90. The second-order valence-corrected chi connectivity index (χ2v) is 7.32. The summed E-state index contributed by atoms with van der Waals surface area (Å²) in [6, 6.07) is 4.83. The molecule has 1 fully saturated rings. The fourth-order valence-electron chi connectivity index (χ4n) is 2.36. The molecule has 1 aromatic carbocycles. The average molecular weight is 296 g/mol. The van der Waals surface area contributed by atoms with E-state index >= 15 is 0 Å². The van der Waals surface area contributed by atoms with Crippen LogP contribution in [0.5, 0.6) is 0 Å². The lowest BCUT2D eigenvalue weighted by Gasteiger charge is -2.34. The first-order valence-corrected chi connectivity index (χ1v) is 8.52. The average Bonchev–Trinajstić information content (AvgIpc) is 2.37. The second kappa shape index (κ2) is 5.54. The normalized spacial score (nSPS) is 19.9. The zero-order valence-corrected chi connectivity index (χ0v) is 12.8. The standard InChI is InChI=1S/C14H20N2O3S/c1-10-4-5-12(20(3,18)19)8-13(10)14(17)16-7-6-15-9-11(16)2/h4-5,8,11,15H,6-7,9H2,1-3H3/t11-/m0/s1. The van der Waals surface area contributed by atoms with E-state index in [9.17, 15) is 13.2 Å². The number of benzene rings is 1. The number of sulfone groups is 1. The Morgan fingerprint density at radius 1 is 1.40 bits per heavy atom. The van der Waals surface area contributed by atoms with Crippen LogP contribution in [0.2, 0.25) is 0 Å². The van der Waals surface area contributed by atoms with Gasteiger partial charge in [0.05, 0.1) is 4.90 Å². The van der Waals surface area contributed by atoms with Gasteiger partial charge in [0.2, 0.25) is 0 Å². The Balaban J connectivity index is 2.38. The summed E-state index contributed by atoms with van der Waals surface area (Å²) in [5, 5.41) is 3.23. The van der Waals surface area contributed by atoms with Crippen LogP contribution in [-0.2, 0) is 9.84 Å². The highest BCUT2D eigenvalue weighted by Crippen LogP contribution is 2.19. The van der Waals surface area contributed by atoms with Crippen LogP contribution in [0.15, 0.2) is 23.1 Å². The van der Waals surface area contributed by atoms with Gasteiger partial charge in [-0.25, -0.2) is 8.42 Å². The number of piperazine rings is 1. The molecule has 1 aliphatic heterocycles. The van der Waals surface area contributed by atoms with Gasteiger partial charge in [-0.05, 0) is 31.5 Å². The monoisotopic (exact) mass is 296 g/mol. The summed E-state index contributed by atoms with van der Waals surface area (Å²) < 4.78 is 23.2. The third-order valence-electron chi connectivity index (χ3n) is 3.63. The van der Waals surface area contributed by atoms with Crippen molar-refractivity contribution in [2.75, 3.05) is 25.9 Å². The number of carbonyl (C=O) groups excluding carboxylic acids is 1. The zero-order chi connectivity index (χ0) is 14.9. The minimum atomic E-state index is -3.30. The van der Waals surface area contributed by atoms with Crippen molar-refractivity contribution in [3.8, 4) is 0 Å². The van der Waals surface area contributed by atoms with Gasteiger partial charge in [0.15, 0.2) is 9.84 Å². The molecule has 1 aromatic rings. The maximum absolute atomic E-state index is 12.6. The van der Waals surface area contributed by atoms with Gasteiger partial charge in [0, 0.05) is 37.5 Å². The van der Waals surface area contributed by atoms with Gasteiger partial charge < -0.3 is 10.2 Å². The van der Waals surface area contributed by atoms with Crippen LogP contribution in [0.4, 0.5) is 0 Å². The fourth-order valence-corrected chi connectivity index (χ4v) is 3.01. The summed E-state index contributed by atoms with van der Waals surface area (Å²) in [6.07, 6.45) is 1.15. The first-order chi connectivity index (χ1) is 9.30. The van der Waals surface area contributed by atoms with E-state index in [-0.39, 0.29) is 16.8 Å². The Morgan fingerprint density at radius 2 is 2.10 bits per heavy atom. The Hall–Kier alpha value is -1.40. The molecule has 0 aromatic heterocycles. The molecule has 0 spiro atoms. The molecule has 2 rings (SSSR count). The number of aryl methyl sites for hydroxylation is 1. The number of nitrogens with zero attached hydrogens (tertiary/aromatic N) is 1. The first kappa shape index (κ1) is 15.0. The molecule has 0 bridgehead atoms. The molecule has 1 saturated heterocycles. The molecule has 1 atom stereocenters. The molecule has 110 valence electrons. The van der Waals surface area contributed by atoms with Crippen molar-refractivity contribution < 1.29 is 13.2 Å². The minimum absolute atomic E-state index is 0.0954. The van der Waals surface area contributed by atoms with Gasteiger partial charge in [-0.3, -0.25) is 4.79 Å². The lowest BCUT2D eigenvalue weighted by molar-refractivity contribution is 0.0655. The molecule has 6 heteroatoms. The molecule has 1 N–H and O–H groups in total. The Bertz CT molecular complexity index is 625. The molecule has 5 nitrogen and oxygen atoms in total. The lowest BCUT2D eigenvalue weighted by atomic mass is 10.1. The van der Waals surface area contributed by atoms with Crippen molar-refractivity contribution in [1.82, 2.24) is 10.2 Å². The minimum Gasteiger partial charge on any atom is -0.333 e. The molecule has 0 saturated carbocycles. The number of rotatable bonds is 2. The molecule has 0 aliphatic carbocycles. The van der Waals surface area contributed by atoms with Crippen molar-refractivity contribution in [3.05, 3.63) is 29.3 Å². The van der Waals surface area contributed by atoms with E-state index in [4.69, 9.17) is 0 Å². The van der Waals surface area contributed by atoms with Crippen LogP contribution < -0.4 is 5.32 Å².